The fraction of sp³-hybridized carbons (Fsp3) is 0.126. The van der Waals surface area contributed by atoms with E-state index in [0.29, 0.717) is 5.56 Å². The Hall–Kier alpha value is -12.2. The van der Waals surface area contributed by atoms with Crippen molar-refractivity contribution >= 4 is 79.0 Å². The maximum absolute atomic E-state index is 9.65. The standard InChI is InChI=1S/C103H82BN3/c1-100(2,3)73-56-72(57-74(62-73)101(4,5)6)70-50-54-89-93(61-70)106(91-55-51-68(65-30-14-10-15-31-65)58-83(91)67-34-18-12-19-35-67)95-63-75(102(7,8)9)64-96-97(95)104(89)90-53-49-69(66-32-16-11-17-33-66)60-94(90)107(96)92-47-29-43-82-81-42-28-41-77(98(81)105(99(82)92)76-36-20-13-21-37-76)71-48-52-88-84(59-71)80-40-24-27-46-87(80)103(88)85-44-25-22-38-78(85)79-39-23-26-45-86(79)103/h10-64H,1-9H3/i11D,16D,17D,32D,33D. The van der Waals surface area contributed by atoms with Gasteiger partial charge in [0, 0.05) is 50.3 Å². The number of para-hydroxylation sites is 3. The summed E-state index contributed by atoms with van der Waals surface area (Å²) in [5, 5.41) is 2.15. The Morgan fingerprint density at radius 3 is 1.32 bits per heavy atom. The highest BCUT2D eigenvalue weighted by Gasteiger charge is 2.52. The van der Waals surface area contributed by atoms with Crippen LogP contribution in [0.3, 0.4) is 0 Å². The summed E-state index contributed by atoms with van der Waals surface area (Å²) in [5.74, 6) is 0. The average molecular weight is 1380 g/mol. The minimum absolute atomic E-state index is 0.134. The smallest absolute Gasteiger partial charge is 0.252 e. The van der Waals surface area contributed by atoms with Crippen molar-refractivity contribution in [3.63, 3.8) is 0 Å². The second-order valence-electron chi connectivity index (χ2n) is 32.8. The molecule has 512 valence electrons. The number of fused-ring (bicyclic) bond motifs is 17. The van der Waals surface area contributed by atoms with E-state index in [1.807, 2.05) is 6.07 Å². The first kappa shape index (κ1) is 59.1. The number of nitrogens with zero attached hydrogens (tertiary/aromatic N) is 3. The Morgan fingerprint density at radius 1 is 0.280 bits per heavy atom. The lowest BCUT2D eigenvalue weighted by Crippen LogP contribution is -2.61. The fourth-order valence-electron chi connectivity index (χ4n) is 18.3. The van der Waals surface area contributed by atoms with Gasteiger partial charge in [-0.1, -0.05) is 335 Å². The first-order valence-corrected chi connectivity index (χ1v) is 37.7. The molecule has 0 fully saturated rings. The second-order valence-corrected chi connectivity index (χ2v) is 32.8. The fourth-order valence-corrected chi connectivity index (χ4v) is 18.3. The van der Waals surface area contributed by atoms with Crippen LogP contribution in [0.15, 0.2) is 334 Å². The molecule has 2 aliphatic heterocycles. The van der Waals surface area contributed by atoms with Gasteiger partial charge in [-0.3, -0.25) is 0 Å². The lowest BCUT2D eigenvalue weighted by atomic mass is 9.33. The monoisotopic (exact) mass is 1380 g/mol. The summed E-state index contributed by atoms with van der Waals surface area (Å²) in [4.78, 5) is 5.06. The molecule has 0 saturated carbocycles. The van der Waals surface area contributed by atoms with Gasteiger partial charge in [-0.2, -0.15) is 0 Å². The predicted molar refractivity (Wildman–Crippen MR) is 454 cm³/mol. The zero-order chi connectivity index (χ0) is 76.8. The number of rotatable bonds is 8. The summed E-state index contributed by atoms with van der Waals surface area (Å²) in [6.45, 7) is 20.4. The molecule has 4 heteroatoms. The molecule has 3 heterocycles. The Bertz CT molecular complexity index is 6550. The summed E-state index contributed by atoms with van der Waals surface area (Å²) in [7, 11) is 0. The highest BCUT2D eigenvalue weighted by molar-refractivity contribution is 7.00. The van der Waals surface area contributed by atoms with E-state index in [9.17, 15) is 2.74 Å². The van der Waals surface area contributed by atoms with Gasteiger partial charge in [-0.15, -0.1) is 0 Å². The van der Waals surface area contributed by atoms with Crippen LogP contribution in [0.25, 0.3) is 105 Å². The van der Waals surface area contributed by atoms with Crippen LogP contribution in [0.2, 0.25) is 0 Å². The van der Waals surface area contributed by atoms with Crippen molar-refractivity contribution in [2.75, 3.05) is 9.80 Å². The Kier molecular flexibility index (Phi) is 13.2. The third-order valence-electron chi connectivity index (χ3n) is 23.5. The van der Waals surface area contributed by atoms with Crippen molar-refractivity contribution in [3.8, 4) is 83.6 Å². The highest BCUT2D eigenvalue weighted by Crippen LogP contribution is 2.64. The Labute approximate surface area is 636 Å². The Morgan fingerprint density at radius 2 is 0.729 bits per heavy atom. The van der Waals surface area contributed by atoms with Crippen molar-refractivity contribution in [2.45, 2.75) is 84.0 Å². The highest BCUT2D eigenvalue weighted by atomic mass is 15.2. The molecule has 4 aliphatic rings. The molecule has 0 bridgehead atoms. The van der Waals surface area contributed by atoms with Gasteiger partial charge < -0.3 is 14.4 Å². The summed E-state index contributed by atoms with van der Waals surface area (Å²) >= 11 is 0. The van der Waals surface area contributed by atoms with E-state index in [0.717, 1.165) is 128 Å². The minimum Gasteiger partial charge on any atom is -0.311 e. The topological polar surface area (TPSA) is 11.4 Å². The third-order valence-corrected chi connectivity index (χ3v) is 23.5. The van der Waals surface area contributed by atoms with Gasteiger partial charge >= 0.3 is 0 Å². The van der Waals surface area contributed by atoms with Crippen LogP contribution in [-0.4, -0.2) is 11.3 Å². The molecular formula is C103H82BN3. The van der Waals surface area contributed by atoms with Crippen LogP contribution in [0, 0.1) is 0 Å². The van der Waals surface area contributed by atoms with Gasteiger partial charge in [0.2, 0.25) is 0 Å². The molecule has 0 amide bonds. The van der Waals surface area contributed by atoms with Crippen LogP contribution in [0.1, 0.15) is 108 Å². The van der Waals surface area contributed by atoms with E-state index in [1.165, 1.54) is 55.6 Å². The number of benzene rings is 15. The zero-order valence-corrected chi connectivity index (χ0v) is 61.8. The van der Waals surface area contributed by atoms with E-state index < -0.39 is 16.9 Å². The van der Waals surface area contributed by atoms with Gasteiger partial charge in [0.1, 0.15) is 0 Å². The lowest BCUT2D eigenvalue weighted by molar-refractivity contribution is 0.569. The van der Waals surface area contributed by atoms with Gasteiger partial charge in [-0.05, 0) is 199 Å². The van der Waals surface area contributed by atoms with Crippen LogP contribution < -0.4 is 26.2 Å². The van der Waals surface area contributed by atoms with Crippen LogP contribution in [0.4, 0.5) is 34.1 Å². The van der Waals surface area contributed by atoms with Gasteiger partial charge in [0.05, 0.1) is 34.7 Å². The molecule has 1 spiro atoms. The number of anilines is 6. The molecule has 0 N–H and O–H groups in total. The van der Waals surface area contributed by atoms with Gasteiger partial charge in [-0.25, -0.2) is 0 Å². The summed E-state index contributed by atoms with van der Waals surface area (Å²) in [6, 6.07) is 111. The molecule has 1 aromatic heterocycles. The first-order chi connectivity index (χ1) is 54.1. The van der Waals surface area contributed by atoms with Crippen molar-refractivity contribution in [1.29, 1.82) is 0 Å². The SMILES string of the molecule is [2H]c1c([2H])c([2H])c(-c2ccc3c(c2)N(c2cccc4c5cccc(-c6ccc7c(c6)-c6ccccc6C76c7ccccc7-c7ccccc76)c5n(-c5ccccc5)c24)c2cc(C(C)(C)C)cc4c2B3c2ccc(-c3cc(C(C)(C)C)cc(C(C)(C)C)c3)cc2N4c2ccc(-c3ccccc3)cc2-c2ccccc2)c([2H])c1[2H]. The van der Waals surface area contributed by atoms with E-state index in [2.05, 4.69) is 374 Å². The van der Waals surface area contributed by atoms with E-state index in [4.69, 9.17) is 4.11 Å². The normalized spacial score (nSPS) is 14.3. The van der Waals surface area contributed by atoms with E-state index in [-0.39, 0.29) is 47.3 Å². The molecule has 0 radical (unpaired) electrons. The van der Waals surface area contributed by atoms with Crippen LogP contribution >= 0.6 is 0 Å². The largest absolute Gasteiger partial charge is 0.311 e. The van der Waals surface area contributed by atoms with Gasteiger partial charge in [0.25, 0.3) is 6.71 Å². The lowest BCUT2D eigenvalue weighted by Gasteiger charge is -2.45. The zero-order valence-electron chi connectivity index (χ0n) is 66.8. The number of aromatic nitrogens is 1. The van der Waals surface area contributed by atoms with Crippen molar-refractivity contribution in [1.82, 2.24) is 4.57 Å². The predicted octanol–water partition coefficient (Wildman–Crippen LogP) is 25.4. The first-order valence-electron chi connectivity index (χ1n) is 40.2. The van der Waals surface area contributed by atoms with Crippen molar-refractivity contribution in [2.24, 2.45) is 0 Å². The molecule has 107 heavy (non-hydrogen) atoms. The molecule has 0 atom stereocenters. The van der Waals surface area contributed by atoms with E-state index >= 15 is 0 Å². The van der Waals surface area contributed by atoms with Crippen LogP contribution in [-0.2, 0) is 21.7 Å². The molecule has 0 unspecified atom stereocenters. The number of hydrogen-bond donors (Lipinski definition) is 0. The molecule has 2 aliphatic carbocycles. The third kappa shape index (κ3) is 9.88. The molecule has 15 aromatic carbocycles. The van der Waals surface area contributed by atoms with E-state index in [1.54, 1.807) is 0 Å². The molecule has 20 rings (SSSR count). The average Bonchev–Trinajstić information content (AvgIpc) is 1.43. The summed E-state index contributed by atoms with van der Waals surface area (Å²) in [6.07, 6.45) is 0. The molecule has 0 saturated heterocycles. The summed E-state index contributed by atoms with van der Waals surface area (Å²) < 4.78 is 48.9. The van der Waals surface area contributed by atoms with Crippen LogP contribution in [0.5, 0.6) is 0 Å². The quantitative estimate of drug-likeness (QED) is 0.141. The second kappa shape index (κ2) is 23.9. The number of hydrogen-bond acceptors (Lipinski definition) is 2. The minimum atomic E-state index is -0.499. The molecular weight excluding hydrogens is 1290 g/mol. The maximum atomic E-state index is 9.65. The van der Waals surface area contributed by atoms with Gasteiger partial charge in [0.15, 0.2) is 0 Å². The molecule has 16 aromatic rings. The Balaban J connectivity index is 0.891. The maximum Gasteiger partial charge on any atom is 0.252 e. The van der Waals surface area contributed by atoms with Crippen molar-refractivity contribution < 1.29 is 6.85 Å². The van der Waals surface area contributed by atoms with Crippen molar-refractivity contribution in [3.05, 3.63) is 372 Å². The molecule has 3 nitrogen and oxygen atoms in total. The summed E-state index contributed by atoms with van der Waals surface area (Å²) in [5.41, 5.74) is 34.4.